The molecular weight excluding hydrogens is 236 g/mol. The highest BCUT2D eigenvalue weighted by molar-refractivity contribution is 5.74. The zero-order valence-corrected chi connectivity index (χ0v) is 12.7. The first-order valence-corrected chi connectivity index (χ1v) is 8.18. The van der Waals surface area contributed by atoms with Crippen LogP contribution in [0.2, 0.25) is 0 Å². The van der Waals surface area contributed by atoms with Crippen molar-refractivity contribution in [2.45, 2.75) is 58.8 Å². The summed E-state index contributed by atoms with van der Waals surface area (Å²) in [4.78, 5) is 14.0. The van der Waals surface area contributed by atoms with Crippen LogP contribution in [0.1, 0.15) is 58.8 Å². The smallest absolute Gasteiger partial charge is 0.317 e. The number of likely N-dealkylation sites (tertiary alicyclic amines) is 1. The van der Waals surface area contributed by atoms with E-state index in [9.17, 15) is 4.79 Å². The van der Waals surface area contributed by atoms with E-state index >= 15 is 0 Å². The number of hydrogen-bond acceptors (Lipinski definition) is 1. The summed E-state index contributed by atoms with van der Waals surface area (Å²) in [6.45, 7) is 7.38. The first-order valence-electron chi connectivity index (χ1n) is 8.18. The molecule has 1 aliphatic heterocycles. The van der Waals surface area contributed by atoms with E-state index < -0.39 is 0 Å². The minimum Gasteiger partial charge on any atom is -0.338 e. The van der Waals surface area contributed by atoms with Crippen LogP contribution in [-0.4, -0.2) is 30.6 Å². The highest BCUT2D eigenvalue weighted by Crippen LogP contribution is 2.29. The van der Waals surface area contributed by atoms with Crippen LogP contribution in [0.15, 0.2) is 0 Å². The molecule has 3 nitrogen and oxygen atoms in total. The zero-order chi connectivity index (χ0) is 13.7. The summed E-state index contributed by atoms with van der Waals surface area (Å²) in [5.41, 5.74) is 0. The fourth-order valence-corrected chi connectivity index (χ4v) is 3.32. The SMILES string of the molecule is CC1CCC(CCNC(=O)N2CCC(C)CC2)CC1. The zero-order valence-electron chi connectivity index (χ0n) is 12.7. The summed E-state index contributed by atoms with van der Waals surface area (Å²) in [6, 6.07) is 0.163. The number of rotatable bonds is 3. The first kappa shape index (κ1) is 14.7. The van der Waals surface area contributed by atoms with Gasteiger partial charge in [-0.3, -0.25) is 0 Å². The van der Waals surface area contributed by atoms with Crippen molar-refractivity contribution in [2.24, 2.45) is 17.8 Å². The third-order valence-electron chi connectivity index (χ3n) is 5.04. The molecule has 0 radical (unpaired) electrons. The molecule has 0 aromatic carbocycles. The maximum Gasteiger partial charge on any atom is 0.317 e. The van der Waals surface area contributed by atoms with Crippen molar-refractivity contribution in [3.63, 3.8) is 0 Å². The number of piperidine rings is 1. The monoisotopic (exact) mass is 266 g/mol. The lowest BCUT2D eigenvalue weighted by atomic mass is 9.81. The molecule has 0 atom stereocenters. The molecule has 0 spiro atoms. The van der Waals surface area contributed by atoms with Gasteiger partial charge in [-0.1, -0.05) is 39.5 Å². The van der Waals surface area contributed by atoms with Gasteiger partial charge in [0, 0.05) is 19.6 Å². The summed E-state index contributed by atoms with van der Waals surface area (Å²) in [5.74, 6) is 2.55. The Balaban J connectivity index is 1.59. The predicted octanol–water partition coefficient (Wildman–Crippen LogP) is 3.64. The average molecular weight is 266 g/mol. The molecule has 2 fully saturated rings. The Morgan fingerprint density at radius 2 is 1.58 bits per heavy atom. The summed E-state index contributed by atoms with van der Waals surface area (Å²) < 4.78 is 0. The first-order chi connectivity index (χ1) is 9.15. The molecule has 1 heterocycles. The van der Waals surface area contributed by atoms with Crippen LogP contribution in [0.4, 0.5) is 4.79 Å². The van der Waals surface area contributed by atoms with Gasteiger partial charge in [0.05, 0.1) is 0 Å². The van der Waals surface area contributed by atoms with Crippen molar-refractivity contribution in [2.75, 3.05) is 19.6 Å². The maximum atomic E-state index is 12.0. The van der Waals surface area contributed by atoms with Crippen LogP contribution in [0.3, 0.4) is 0 Å². The summed E-state index contributed by atoms with van der Waals surface area (Å²) >= 11 is 0. The van der Waals surface area contributed by atoms with Gasteiger partial charge < -0.3 is 10.2 Å². The van der Waals surface area contributed by atoms with E-state index in [2.05, 4.69) is 19.2 Å². The van der Waals surface area contributed by atoms with Crippen molar-refractivity contribution in [1.82, 2.24) is 10.2 Å². The molecule has 1 saturated heterocycles. The minimum atomic E-state index is 0.163. The van der Waals surface area contributed by atoms with Gasteiger partial charge in [0.2, 0.25) is 0 Å². The van der Waals surface area contributed by atoms with Gasteiger partial charge in [-0.15, -0.1) is 0 Å². The third kappa shape index (κ3) is 4.70. The Morgan fingerprint density at radius 3 is 2.21 bits per heavy atom. The van der Waals surface area contributed by atoms with Gasteiger partial charge in [0.1, 0.15) is 0 Å². The van der Waals surface area contributed by atoms with E-state index in [4.69, 9.17) is 0 Å². The number of nitrogens with one attached hydrogen (secondary N) is 1. The van der Waals surface area contributed by atoms with Gasteiger partial charge in [0.15, 0.2) is 0 Å². The quantitative estimate of drug-likeness (QED) is 0.831. The number of carbonyl (C=O) groups is 1. The highest BCUT2D eigenvalue weighted by Gasteiger charge is 2.21. The van der Waals surface area contributed by atoms with E-state index in [0.29, 0.717) is 0 Å². The van der Waals surface area contributed by atoms with Gasteiger partial charge in [-0.05, 0) is 37.0 Å². The van der Waals surface area contributed by atoms with Crippen molar-refractivity contribution in [1.29, 1.82) is 0 Å². The topological polar surface area (TPSA) is 32.3 Å². The lowest BCUT2D eigenvalue weighted by Crippen LogP contribution is -2.44. The number of nitrogens with zero attached hydrogens (tertiary/aromatic N) is 1. The van der Waals surface area contributed by atoms with Crippen LogP contribution in [-0.2, 0) is 0 Å². The average Bonchev–Trinajstić information content (AvgIpc) is 2.41. The maximum absolute atomic E-state index is 12.0. The molecule has 0 unspecified atom stereocenters. The van der Waals surface area contributed by atoms with Gasteiger partial charge in [-0.25, -0.2) is 4.79 Å². The minimum absolute atomic E-state index is 0.163. The Kier molecular flexibility index (Phi) is 5.53. The molecular formula is C16H30N2O. The predicted molar refractivity (Wildman–Crippen MR) is 79.1 cm³/mol. The van der Waals surface area contributed by atoms with Crippen molar-refractivity contribution in [3.8, 4) is 0 Å². The molecule has 0 bridgehead atoms. The highest BCUT2D eigenvalue weighted by atomic mass is 16.2. The van der Waals surface area contributed by atoms with E-state index in [0.717, 1.165) is 50.2 Å². The fraction of sp³-hybridized carbons (Fsp3) is 0.938. The normalized spacial score (nSPS) is 29.3. The molecule has 1 aliphatic carbocycles. The van der Waals surface area contributed by atoms with Crippen LogP contribution in [0.25, 0.3) is 0 Å². The molecule has 19 heavy (non-hydrogen) atoms. The largest absolute Gasteiger partial charge is 0.338 e. The van der Waals surface area contributed by atoms with Crippen LogP contribution in [0, 0.1) is 17.8 Å². The van der Waals surface area contributed by atoms with E-state index in [1.54, 1.807) is 0 Å². The van der Waals surface area contributed by atoms with Crippen molar-refractivity contribution < 1.29 is 4.79 Å². The molecule has 2 aliphatic rings. The summed E-state index contributed by atoms with van der Waals surface area (Å²) in [5, 5.41) is 3.11. The molecule has 110 valence electrons. The van der Waals surface area contributed by atoms with Crippen LogP contribution in [0.5, 0.6) is 0 Å². The number of hydrogen-bond donors (Lipinski definition) is 1. The Bertz CT molecular complexity index is 276. The van der Waals surface area contributed by atoms with Crippen molar-refractivity contribution >= 4 is 6.03 Å². The van der Waals surface area contributed by atoms with Crippen LogP contribution >= 0.6 is 0 Å². The Labute approximate surface area is 118 Å². The van der Waals surface area contributed by atoms with E-state index in [1.165, 1.54) is 32.1 Å². The third-order valence-corrected chi connectivity index (χ3v) is 5.04. The summed E-state index contributed by atoms with van der Waals surface area (Å²) in [7, 11) is 0. The second-order valence-corrected chi connectivity index (χ2v) is 6.82. The fourth-order valence-electron chi connectivity index (χ4n) is 3.32. The van der Waals surface area contributed by atoms with Gasteiger partial charge in [-0.2, -0.15) is 0 Å². The van der Waals surface area contributed by atoms with E-state index in [1.807, 2.05) is 4.90 Å². The van der Waals surface area contributed by atoms with Crippen molar-refractivity contribution in [3.05, 3.63) is 0 Å². The standard InChI is InChI=1S/C16H30N2O/c1-13-3-5-15(6-4-13)7-10-17-16(19)18-11-8-14(2)9-12-18/h13-15H,3-12H2,1-2H3,(H,17,19). The molecule has 2 rings (SSSR count). The molecule has 1 saturated carbocycles. The van der Waals surface area contributed by atoms with Gasteiger partial charge >= 0.3 is 6.03 Å². The molecule has 3 heteroatoms. The molecule has 0 aromatic rings. The number of urea groups is 1. The number of amides is 2. The molecule has 0 aromatic heterocycles. The van der Waals surface area contributed by atoms with E-state index in [-0.39, 0.29) is 6.03 Å². The molecule has 1 N–H and O–H groups in total. The number of carbonyl (C=O) groups excluding carboxylic acids is 1. The molecule has 2 amide bonds. The van der Waals surface area contributed by atoms with Crippen LogP contribution < -0.4 is 5.32 Å². The Morgan fingerprint density at radius 1 is 1.00 bits per heavy atom. The second kappa shape index (κ2) is 7.16. The lowest BCUT2D eigenvalue weighted by molar-refractivity contribution is 0.172. The van der Waals surface area contributed by atoms with Gasteiger partial charge in [0.25, 0.3) is 0 Å². The summed E-state index contributed by atoms with van der Waals surface area (Å²) in [6.07, 6.45) is 8.96. The second-order valence-electron chi connectivity index (χ2n) is 6.82. The lowest BCUT2D eigenvalue weighted by Gasteiger charge is -2.31. The Hall–Kier alpha value is -0.730.